The molecule has 1 aromatic carbocycles. The summed E-state index contributed by atoms with van der Waals surface area (Å²) in [6, 6.07) is 5.85. The normalized spacial score (nSPS) is 14.6. The van der Waals surface area contributed by atoms with E-state index in [1.165, 1.54) is 38.3 Å². The number of hydrogen-bond donors (Lipinski definition) is 2. The maximum absolute atomic E-state index is 12.8. The second kappa shape index (κ2) is 9.04. The van der Waals surface area contributed by atoms with E-state index in [9.17, 15) is 24.0 Å². The van der Waals surface area contributed by atoms with Crippen LogP contribution in [0.5, 0.6) is 0 Å². The fraction of sp³-hybridized carbons (Fsp3) is 0.318. The summed E-state index contributed by atoms with van der Waals surface area (Å²) in [6.45, 7) is 4.69. The van der Waals surface area contributed by atoms with Crippen LogP contribution in [0.1, 0.15) is 62.2 Å². The van der Waals surface area contributed by atoms with E-state index in [0.717, 1.165) is 5.01 Å². The monoisotopic (exact) mass is 441 g/mol. The number of methoxy groups -OCH3 is 1. The molecule has 0 spiro atoms. The van der Waals surface area contributed by atoms with Crippen molar-refractivity contribution in [2.45, 2.75) is 39.7 Å². The number of amides is 2. The van der Waals surface area contributed by atoms with Crippen LogP contribution in [0.3, 0.4) is 0 Å². The number of benzene rings is 1. The van der Waals surface area contributed by atoms with Gasteiger partial charge in [-0.2, -0.15) is 0 Å². The summed E-state index contributed by atoms with van der Waals surface area (Å²) < 4.78 is 10.0. The molecule has 1 atom stereocenters. The Kier molecular flexibility index (Phi) is 6.42. The Balaban J connectivity index is 1.70. The average Bonchev–Trinajstić information content (AvgIpc) is 3.08. The van der Waals surface area contributed by atoms with Crippen molar-refractivity contribution in [3.05, 3.63) is 52.3 Å². The lowest BCUT2D eigenvalue weighted by Gasteiger charge is -2.27. The minimum Gasteiger partial charge on any atom is -0.465 e. The summed E-state index contributed by atoms with van der Waals surface area (Å²) in [7, 11) is 1.25. The number of ketones is 1. The van der Waals surface area contributed by atoms with E-state index < -0.39 is 23.8 Å². The topological polar surface area (TPSA) is 135 Å². The van der Waals surface area contributed by atoms with E-state index in [1.54, 1.807) is 13.8 Å². The van der Waals surface area contributed by atoms with Crippen molar-refractivity contribution >= 4 is 35.2 Å². The number of nitrogens with zero attached hydrogens (tertiary/aromatic N) is 1. The lowest BCUT2D eigenvalue weighted by Crippen LogP contribution is -2.50. The molecule has 0 bridgehead atoms. The number of hydrazine groups is 1. The fourth-order valence-corrected chi connectivity index (χ4v) is 3.42. The summed E-state index contributed by atoms with van der Waals surface area (Å²) in [5.41, 5.74) is 4.36. The Hall–Kier alpha value is -3.95. The Morgan fingerprint density at radius 3 is 2.31 bits per heavy atom. The summed E-state index contributed by atoms with van der Waals surface area (Å²) >= 11 is 0. The van der Waals surface area contributed by atoms with E-state index in [1.807, 2.05) is 0 Å². The van der Waals surface area contributed by atoms with Gasteiger partial charge in [-0.1, -0.05) is 0 Å². The molecule has 2 amide bonds. The van der Waals surface area contributed by atoms with Crippen LogP contribution < -0.4 is 10.4 Å². The SMILES string of the molecule is COC(=O)c1c(C)[nH]c(C(=O)C(C)OC(=O)c2ccc(N3NC(=O)CCC3=O)cc2)c1C. The highest BCUT2D eigenvalue weighted by Crippen LogP contribution is 2.22. The number of esters is 2. The smallest absolute Gasteiger partial charge is 0.339 e. The van der Waals surface area contributed by atoms with Gasteiger partial charge in [0.2, 0.25) is 17.6 Å². The van der Waals surface area contributed by atoms with Crippen molar-refractivity contribution in [1.29, 1.82) is 0 Å². The van der Waals surface area contributed by atoms with E-state index >= 15 is 0 Å². The van der Waals surface area contributed by atoms with E-state index in [2.05, 4.69) is 10.4 Å². The molecular weight excluding hydrogens is 418 g/mol. The predicted molar refractivity (Wildman–Crippen MR) is 112 cm³/mol. The molecule has 0 saturated carbocycles. The quantitative estimate of drug-likeness (QED) is 0.517. The third kappa shape index (κ3) is 4.39. The van der Waals surface area contributed by atoms with E-state index in [0.29, 0.717) is 16.9 Å². The molecule has 0 radical (unpaired) electrons. The van der Waals surface area contributed by atoms with Crippen LogP contribution in [0.4, 0.5) is 5.69 Å². The summed E-state index contributed by atoms with van der Waals surface area (Å²) in [6.07, 6.45) is -0.885. The number of hydrogen-bond acceptors (Lipinski definition) is 7. The molecule has 1 fully saturated rings. The highest BCUT2D eigenvalue weighted by Gasteiger charge is 2.28. The molecule has 1 saturated heterocycles. The van der Waals surface area contributed by atoms with Gasteiger partial charge >= 0.3 is 11.9 Å². The van der Waals surface area contributed by atoms with Crippen molar-refractivity contribution in [3.63, 3.8) is 0 Å². The number of rotatable bonds is 6. The molecule has 1 aliphatic rings. The Morgan fingerprint density at radius 2 is 1.69 bits per heavy atom. The zero-order valence-electron chi connectivity index (χ0n) is 18.1. The second-order valence-electron chi connectivity index (χ2n) is 7.34. The standard InChI is InChI=1S/C22H23N3O7/c1-11-18(22(30)31-4)12(2)23-19(11)20(28)13(3)32-21(29)14-5-7-15(8-6-14)25-17(27)10-9-16(26)24-25/h5-8,13,23H,9-10H2,1-4H3,(H,24,26). The molecule has 1 aromatic heterocycles. The summed E-state index contributed by atoms with van der Waals surface area (Å²) in [5.74, 6) is -2.33. The van der Waals surface area contributed by atoms with Gasteiger partial charge in [0, 0.05) is 18.5 Å². The minimum atomic E-state index is -1.12. The third-order valence-corrected chi connectivity index (χ3v) is 5.14. The van der Waals surface area contributed by atoms with Crippen LogP contribution in [-0.4, -0.2) is 47.7 Å². The number of aromatic nitrogens is 1. The molecule has 168 valence electrons. The predicted octanol–water partition coefficient (Wildman–Crippen LogP) is 2.00. The van der Waals surface area contributed by atoms with E-state index in [-0.39, 0.29) is 41.5 Å². The lowest BCUT2D eigenvalue weighted by molar-refractivity contribution is -0.130. The molecule has 1 aliphatic heterocycles. The molecule has 0 aliphatic carbocycles. The Morgan fingerprint density at radius 1 is 1.03 bits per heavy atom. The zero-order valence-corrected chi connectivity index (χ0v) is 18.1. The van der Waals surface area contributed by atoms with E-state index in [4.69, 9.17) is 9.47 Å². The Bertz CT molecular complexity index is 1100. The molecule has 32 heavy (non-hydrogen) atoms. The maximum Gasteiger partial charge on any atom is 0.339 e. The molecule has 1 unspecified atom stereocenters. The van der Waals surface area contributed by atoms with Gasteiger partial charge in [0.15, 0.2) is 6.10 Å². The van der Waals surface area contributed by atoms with Crippen molar-refractivity contribution in [2.24, 2.45) is 0 Å². The summed E-state index contributed by atoms with van der Waals surface area (Å²) in [5, 5.41) is 1.13. The van der Waals surface area contributed by atoms with Gasteiger partial charge in [-0.05, 0) is 50.6 Å². The highest BCUT2D eigenvalue weighted by atomic mass is 16.5. The first-order valence-electron chi connectivity index (χ1n) is 9.89. The van der Waals surface area contributed by atoms with Crippen LogP contribution in [0.2, 0.25) is 0 Å². The van der Waals surface area contributed by atoms with Gasteiger partial charge in [0.1, 0.15) is 0 Å². The molecular formula is C22H23N3O7. The molecule has 10 heteroatoms. The van der Waals surface area contributed by atoms with Crippen molar-refractivity contribution in [1.82, 2.24) is 10.4 Å². The number of aromatic amines is 1. The third-order valence-electron chi connectivity index (χ3n) is 5.14. The van der Waals surface area contributed by atoms with Crippen LogP contribution in [0.15, 0.2) is 24.3 Å². The number of aryl methyl sites for hydroxylation is 1. The van der Waals surface area contributed by atoms with Crippen LogP contribution in [0, 0.1) is 13.8 Å². The van der Waals surface area contributed by atoms with Gasteiger partial charge in [-0.15, -0.1) is 0 Å². The summed E-state index contributed by atoms with van der Waals surface area (Å²) in [4.78, 5) is 63.6. The van der Waals surface area contributed by atoms with Gasteiger partial charge < -0.3 is 14.5 Å². The zero-order chi connectivity index (χ0) is 23.6. The molecule has 2 N–H and O–H groups in total. The molecule has 3 rings (SSSR count). The number of anilines is 1. The first-order valence-corrected chi connectivity index (χ1v) is 9.89. The van der Waals surface area contributed by atoms with Crippen molar-refractivity contribution < 1.29 is 33.4 Å². The number of ether oxygens (including phenoxy) is 2. The van der Waals surface area contributed by atoms with Gasteiger partial charge in [-0.3, -0.25) is 19.8 Å². The maximum atomic E-state index is 12.8. The highest BCUT2D eigenvalue weighted by molar-refractivity contribution is 6.05. The van der Waals surface area contributed by atoms with Crippen molar-refractivity contribution in [3.8, 4) is 0 Å². The fourth-order valence-electron chi connectivity index (χ4n) is 3.42. The van der Waals surface area contributed by atoms with Gasteiger partial charge in [0.25, 0.3) is 0 Å². The Labute approximate surface area is 183 Å². The number of carbonyl (C=O) groups is 5. The minimum absolute atomic E-state index is 0.102. The largest absolute Gasteiger partial charge is 0.465 e. The van der Waals surface area contributed by atoms with Crippen molar-refractivity contribution in [2.75, 3.05) is 12.1 Å². The number of Topliss-reactive ketones (excluding diaryl/α,β-unsaturated/α-hetero) is 1. The molecule has 2 aromatic rings. The number of H-pyrrole nitrogens is 1. The van der Waals surface area contributed by atoms with Crippen LogP contribution in [-0.2, 0) is 19.1 Å². The molecule has 10 nitrogen and oxygen atoms in total. The first kappa shape index (κ1) is 22.7. The lowest BCUT2D eigenvalue weighted by atomic mass is 10.1. The van der Waals surface area contributed by atoms with Gasteiger partial charge in [-0.25, -0.2) is 14.6 Å². The first-order chi connectivity index (χ1) is 15.1. The van der Waals surface area contributed by atoms with Crippen LogP contribution >= 0.6 is 0 Å². The average molecular weight is 441 g/mol. The van der Waals surface area contributed by atoms with Crippen LogP contribution in [0.25, 0.3) is 0 Å². The molecule has 2 heterocycles. The number of carbonyl (C=O) groups excluding carboxylic acids is 5. The number of nitrogens with one attached hydrogen (secondary N) is 2. The second-order valence-corrected chi connectivity index (χ2v) is 7.34. The van der Waals surface area contributed by atoms with Gasteiger partial charge in [0.05, 0.1) is 29.6 Å².